The van der Waals surface area contributed by atoms with Crippen LogP contribution in [-0.4, -0.2) is 57.9 Å². The molecule has 3 aliphatic heterocycles. The van der Waals surface area contributed by atoms with Crippen LogP contribution in [0.1, 0.15) is 46.5 Å². The summed E-state index contributed by atoms with van der Waals surface area (Å²) in [4.78, 5) is 12.0. The van der Waals surface area contributed by atoms with Crippen molar-refractivity contribution >= 4 is 5.97 Å². The van der Waals surface area contributed by atoms with Gasteiger partial charge < -0.3 is 24.4 Å². The summed E-state index contributed by atoms with van der Waals surface area (Å²) < 4.78 is 18.0. The Morgan fingerprint density at radius 2 is 1.96 bits per heavy atom. The van der Waals surface area contributed by atoms with Crippen LogP contribution in [0.4, 0.5) is 0 Å². The van der Waals surface area contributed by atoms with Gasteiger partial charge in [-0.1, -0.05) is 6.92 Å². The molecule has 26 heavy (non-hydrogen) atoms. The number of ether oxygens (including phenoxy) is 3. The number of rotatable bonds is 1. The van der Waals surface area contributed by atoms with Crippen LogP contribution in [0.25, 0.3) is 0 Å². The predicted molar refractivity (Wildman–Crippen MR) is 89.1 cm³/mol. The SMILES string of the molecule is CC(C)(O)C1C[C@@H]2O[C@]23[C@]2(O[C@H]2CC2C4=C(CC[C@@]23C)C(=O)OC4)[C@@H]1O. The predicted octanol–water partition coefficient (Wildman–Crippen LogP) is 1.09. The smallest absolute Gasteiger partial charge is 0.334 e. The lowest BCUT2D eigenvalue weighted by Crippen LogP contribution is -2.68. The Hall–Kier alpha value is -0.950. The molecule has 6 heteroatoms. The summed E-state index contributed by atoms with van der Waals surface area (Å²) in [7, 11) is 0. The van der Waals surface area contributed by atoms with Crippen LogP contribution >= 0.6 is 0 Å². The Kier molecular flexibility index (Phi) is 2.60. The highest BCUT2D eigenvalue weighted by Crippen LogP contribution is 2.79. The Labute approximate surface area is 152 Å². The van der Waals surface area contributed by atoms with Gasteiger partial charge in [0.15, 0.2) is 5.60 Å². The van der Waals surface area contributed by atoms with E-state index >= 15 is 0 Å². The zero-order valence-corrected chi connectivity index (χ0v) is 15.4. The second kappa shape index (κ2) is 4.22. The highest BCUT2D eigenvalue weighted by molar-refractivity contribution is 5.92. The Morgan fingerprint density at radius 1 is 1.19 bits per heavy atom. The molecule has 2 saturated carbocycles. The van der Waals surface area contributed by atoms with E-state index in [1.807, 2.05) is 0 Å². The molecule has 4 fully saturated rings. The Bertz CT molecular complexity index is 767. The minimum atomic E-state index is -0.978. The molecule has 2 saturated heterocycles. The molecular weight excluding hydrogens is 336 g/mol. The number of carbonyl (C=O) groups is 1. The lowest BCUT2D eigenvalue weighted by molar-refractivity contribution is -0.136. The summed E-state index contributed by atoms with van der Waals surface area (Å²) in [6.45, 7) is 6.17. The lowest BCUT2D eigenvalue weighted by atomic mass is 9.46. The zero-order chi connectivity index (χ0) is 18.3. The zero-order valence-electron chi connectivity index (χ0n) is 15.4. The molecule has 0 aromatic heterocycles. The van der Waals surface area contributed by atoms with Crippen LogP contribution in [0, 0.1) is 17.3 Å². The van der Waals surface area contributed by atoms with E-state index in [0.717, 1.165) is 24.0 Å². The molecule has 6 rings (SSSR count). The van der Waals surface area contributed by atoms with Crippen molar-refractivity contribution in [3.8, 4) is 0 Å². The van der Waals surface area contributed by atoms with E-state index in [9.17, 15) is 15.0 Å². The summed E-state index contributed by atoms with van der Waals surface area (Å²) in [5, 5.41) is 21.9. The number of epoxide rings is 2. The Morgan fingerprint density at radius 3 is 2.69 bits per heavy atom. The third-order valence-corrected chi connectivity index (χ3v) is 8.63. The van der Waals surface area contributed by atoms with Crippen molar-refractivity contribution in [3.05, 3.63) is 11.1 Å². The standard InChI is InChI=1S/C20H26O6/c1-17(2,23)12-7-14-20(26-14)18(3)5-4-9-10(8-24-16(9)22)11(18)6-13-19(20,25-13)15(12)21/h11-15,21,23H,4-8H2,1-3H3/t11?,12?,13-,14-,15+,18-,19+,20+/m0/s1. The highest BCUT2D eigenvalue weighted by Gasteiger charge is 2.93. The summed E-state index contributed by atoms with van der Waals surface area (Å²) in [5.41, 5.74) is -0.361. The fourth-order valence-electron chi connectivity index (χ4n) is 7.29. The van der Waals surface area contributed by atoms with E-state index in [1.54, 1.807) is 13.8 Å². The van der Waals surface area contributed by atoms with Crippen molar-refractivity contribution in [2.45, 2.75) is 81.6 Å². The van der Waals surface area contributed by atoms with Crippen molar-refractivity contribution in [1.82, 2.24) is 0 Å². The van der Waals surface area contributed by atoms with Gasteiger partial charge in [-0.25, -0.2) is 4.79 Å². The van der Waals surface area contributed by atoms with Crippen LogP contribution in [-0.2, 0) is 19.0 Å². The largest absolute Gasteiger partial charge is 0.458 e. The first-order chi connectivity index (χ1) is 12.2. The molecule has 2 unspecified atom stereocenters. The molecule has 0 aromatic carbocycles. The molecule has 2 N–H and O–H groups in total. The molecule has 0 aromatic rings. The van der Waals surface area contributed by atoms with Crippen LogP contribution < -0.4 is 0 Å². The Balaban J connectivity index is 1.46. The number of carbonyl (C=O) groups excluding carboxylic acids is 1. The molecule has 2 spiro atoms. The second-order valence-corrected chi connectivity index (χ2v) is 9.97. The maximum atomic E-state index is 12.0. The fraction of sp³-hybridized carbons (Fsp3) is 0.850. The monoisotopic (exact) mass is 362 g/mol. The molecule has 0 radical (unpaired) electrons. The number of aliphatic hydroxyl groups is 2. The van der Waals surface area contributed by atoms with Crippen LogP contribution in [0.5, 0.6) is 0 Å². The molecule has 3 heterocycles. The lowest BCUT2D eigenvalue weighted by Gasteiger charge is -2.54. The minimum absolute atomic E-state index is 0.000276. The molecule has 6 nitrogen and oxygen atoms in total. The van der Waals surface area contributed by atoms with Crippen molar-refractivity contribution in [3.63, 3.8) is 0 Å². The molecule has 6 aliphatic rings. The fourth-order valence-corrected chi connectivity index (χ4v) is 7.29. The molecule has 0 amide bonds. The van der Waals surface area contributed by atoms with Crippen molar-refractivity contribution in [2.75, 3.05) is 6.61 Å². The van der Waals surface area contributed by atoms with Gasteiger partial charge in [-0.2, -0.15) is 0 Å². The van der Waals surface area contributed by atoms with E-state index < -0.39 is 22.9 Å². The van der Waals surface area contributed by atoms with Crippen molar-refractivity contribution in [1.29, 1.82) is 0 Å². The van der Waals surface area contributed by atoms with Crippen LogP contribution in [0.15, 0.2) is 11.1 Å². The summed E-state index contributed by atoms with van der Waals surface area (Å²) >= 11 is 0. The van der Waals surface area contributed by atoms with Gasteiger partial charge in [0.1, 0.15) is 12.2 Å². The third kappa shape index (κ3) is 1.45. The van der Waals surface area contributed by atoms with Gasteiger partial charge in [0.05, 0.1) is 23.9 Å². The number of esters is 1. The second-order valence-electron chi connectivity index (χ2n) is 9.97. The quantitative estimate of drug-likeness (QED) is 0.536. The van der Waals surface area contributed by atoms with Crippen molar-refractivity contribution < 1.29 is 29.2 Å². The first-order valence-corrected chi connectivity index (χ1v) is 9.82. The summed E-state index contributed by atoms with van der Waals surface area (Å²) in [5.74, 6) is -0.218. The van der Waals surface area contributed by atoms with Crippen molar-refractivity contribution in [2.24, 2.45) is 17.3 Å². The molecule has 8 atom stereocenters. The third-order valence-electron chi connectivity index (χ3n) is 8.63. The number of hydrogen-bond acceptors (Lipinski definition) is 6. The van der Waals surface area contributed by atoms with E-state index in [1.165, 1.54) is 0 Å². The number of fused-ring (bicyclic) bond motifs is 2. The van der Waals surface area contributed by atoms with E-state index in [2.05, 4.69) is 6.92 Å². The topological polar surface area (TPSA) is 91.8 Å². The number of cyclic esters (lactones) is 1. The first kappa shape index (κ1) is 16.0. The molecule has 0 bridgehead atoms. The van der Waals surface area contributed by atoms with Gasteiger partial charge in [0, 0.05) is 16.9 Å². The summed E-state index contributed by atoms with van der Waals surface area (Å²) in [6.07, 6.45) is 2.19. The van der Waals surface area contributed by atoms with Crippen LogP contribution in [0.2, 0.25) is 0 Å². The van der Waals surface area contributed by atoms with Gasteiger partial charge in [-0.15, -0.1) is 0 Å². The summed E-state index contributed by atoms with van der Waals surface area (Å²) in [6, 6.07) is 0. The minimum Gasteiger partial charge on any atom is -0.458 e. The molecule has 142 valence electrons. The first-order valence-electron chi connectivity index (χ1n) is 9.82. The van der Waals surface area contributed by atoms with E-state index in [-0.39, 0.29) is 35.4 Å². The normalized spacial score (nSPS) is 56.7. The van der Waals surface area contributed by atoms with E-state index in [0.29, 0.717) is 19.4 Å². The number of aliphatic hydroxyl groups excluding tert-OH is 1. The maximum Gasteiger partial charge on any atom is 0.334 e. The van der Waals surface area contributed by atoms with Gasteiger partial charge in [0.25, 0.3) is 0 Å². The van der Waals surface area contributed by atoms with Gasteiger partial charge in [0.2, 0.25) is 0 Å². The molecular formula is C20H26O6. The maximum absolute atomic E-state index is 12.0. The van der Waals surface area contributed by atoms with Gasteiger partial charge in [-0.3, -0.25) is 0 Å². The van der Waals surface area contributed by atoms with Gasteiger partial charge in [-0.05, 0) is 51.0 Å². The highest BCUT2D eigenvalue weighted by atomic mass is 16.7. The van der Waals surface area contributed by atoms with Crippen LogP contribution in [0.3, 0.4) is 0 Å². The van der Waals surface area contributed by atoms with Gasteiger partial charge >= 0.3 is 5.97 Å². The molecule has 3 aliphatic carbocycles. The average Bonchev–Trinajstić information content (AvgIpc) is 3.43. The number of hydrogen-bond donors (Lipinski definition) is 2. The average molecular weight is 362 g/mol. The van der Waals surface area contributed by atoms with E-state index in [4.69, 9.17) is 14.2 Å².